The normalized spacial score (nSPS) is 18.4. The summed E-state index contributed by atoms with van der Waals surface area (Å²) in [7, 11) is 0. The highest BCUT2D eigenvalue weighted by molar-refractivity contribution is 5.66. The molecule has 9 nitrogen and oxygen atoms in total. The summed E-state index contributed by atoms with van der Waals surface area (Å²) in [6.45, 7) is 1.12. The molecule has 1 aromatic carbocycles. The summed E-state index contributed by atoms with van der Waals surface area (Å²) in [4.78, 5) is 30.1. The van der Waals surface area contributed by atoms with Crippen LogP contribution in [0.15, 0.2) is 54.9 Å². The van der Waals surface area contributed by atoms with Gasteiger partial charge in [0.2, 0.25) is 0 Å². The molecule has 2 aromatic rings. The molecule has 0 spiro atoms. The molecule has 0 amide bonds. The third-order valence-electron chi connectivity index (χ3n) is 4.66. The molecule has 1 aliphatic heterocycles. The predicted molar refractivity (Wildman–Crippen MR) is 102 cm³/mol. The summed E-state index contributed by atoms with van der Waals surface area (Å²) >= 11 is 0. The van der Waals surface area contributed by atoms with E-state index < -0.39 is 18.4 Å². The topological polar surface area (TPSA) is 109 Å². The molecule has 148 valence electrons. The maximum atomic E-state index is 11.8. The van der Waals surface area contributed by atoms with Gasteiger partial charge in [-0.1, -0.05) is 18.2 Å². The molecule has 0 saturated carbocycles. The molecule has 1 saturated heterocycles. The Morgan fingerprint density at radius 3 is 2.61 bits per heavy atom. The second kappa shape index (κ2) is 9.14. The maximum absolute atomic E-state index is 11.8. The predicted octanol–water partition coefficient (Wildman–Crippen LogP) is 2.08. The molecule has 1 aliphatic rings. The van der Waals surface area contributed by atoms with E-state index in [4.69, 9.17) is 9.84 Å². The van der Waals surface area contributed by atoms with Gasteiger partial charge in [0.25, 0.3) is 6.17 Å². The van der Waals surface area contributed by atoms with Crippen molar-refractivity contribution >= 4 is 11.7 Å². The fraction of sp³-hybridized carbons (Fsp3) is 0.368. The third kappa shape index (κ3) is 4.95. The molecule has 1 aromatic heterocycles. The molecule has 1 N–H and O–H groups in total. The van der Waals surface area contributed by atoms with E-state index in [1.54, 1.807) is 41.6 Å². The Bertz CT molecular complexity index is 789. The number of carbonyl (C=O) groups is 1. The van der Waals surface area contributed by atoms with Crippen LogP contribution in [0.4, 0.5) is 5.69 Å². The van der Waals surface area contributed by atoms with Gasteiger partial charge in [0.05, 0.1) is 6.42 Å². The lowest BCUT2D eigenvalue weighted by molar-refractivity contribution is -0.554. The molecule has 2 heterocycles. The van der Waals surface area contributed by atoms with Crippen LogP contribution >= 0.6 is 0 Å². The number of hydrogen-bond acceptors (Lipinski definition) is 7. The first-order valence-electron chi connectivity index (χ1n) is 9.02. The number of aromatic nitrogens is 1. The van der Waals surface area contributed by atoms with Crippen molar-refractivity contribution in [3.63, 3.8) is 0 Å². The van der Waals surface area contributed by atoms with E-state index in [-0.39, 0.29) is 24.3 Å². The molecule has 2 unspecified atom stereocenters. The second-order valence-corrected chi connectivity index (χ2v) is 6.47. The molecule has 2 atom stereocenters. The highest BCUT2D eigenvalue weighted by Crippen LogP contribution is 2.24. The van der Waals surface area contributed by atoms with Gasteiger partial charge >= 0.3 is 5.97 Å². The largest absolute Gasteiger partial charge is 0.481 e. The Balaban J connectivity index is 1.79. The van der Waals surface area contributed by atoms with Crippen LogP contribution in [0, 0.1) is 10.1 Å². The number of piperazine rings is 1. The smallest absolute Gasteiger partial charge is 0.303 e. The minimum Gasteiger partial charge on any atom is -0.481 e. The highest BCUT2D eigenvalue weighted by atomic mass is 16.6. The van der Waals surface area contributed by atoms with E-state index in [2.05, 4.69) is 4.98 Å². The highest BCUT2D eigenvalue weighted by Gasteiger charge is 2.40. The molecule has 0 bridgehead atoms. The Hall–Kier alpha value is -3.20. The van der Waals surface area contributed by atoms with Gasteiger partial charge in [0, 0.05) is 42.5 Å². The number of carboxylic acid groups (broad SMARTS) is 1. The van der Waals surface area contributed by atoms with E-state index in [1.165, 1.54) is 0 Å². The first-order valence-corrected chi connectivity index (χ1v) is 9.02. The number of rotatable bonds is 8. The maximum Gasteiger partial charge on any atom is 0.303 e. The lowest BCUT2D eigenvalue weighted by atomic mass is 10.2. The average molecular weight is 386 g/mol. The Morgan fingerprint density at radius 2 is 1.96 bits per heavy atom. The standard InChI is InChI=1S/C19H22N4O5/c24-19(25)7-6-18(28-16-4-2-1-3-5-16)22-13-12-21(14-17(22)23(26)27)15-8-10-20-11-9-15/h1-5,8-11,17-18H,6-7,12-14H2,(H,24,25). The van der Waals surface area contributed by atoms with Crippen molar-refractivity contribution in [1.82, 2.24) is 9.88 Å². The Labute approximate surface area is 162 Å². The monoisotopic (exact) mass is 386 g/mol. The lowest BCUT2D eigenvalue weighted by Crippen LogP contribution is -2.60. The third-order valence-corrected chi connectivity index (χ3v) is 4.66. The minimum absolute atomic E-state index is 0.132. The number of aliphatic carboxylic acids is 1. The summed E-state index contributed by atoms with van der Waals surface area (Å²) in [5.41, 5.74) is 0.868. The van der Waals surface area contributed by atoms with Gasteiger partial charge < -0.3 is 14.7 Å². The lowest BCUT2D eigenvalue weighted by Gasteiger charge is -2.41. The van der Waals surface area contributed by atoms with Crippen LogP contribution in [0.5, 0.6) is 5.75 Å². The molecule has 0 aliphatic carbocycles. The van der Waals surface area contributed by atoms with Crippen LogP contribution in [0.1, 0.15) is 12.8 Å². The molecular weight excluding hydrogens is 364 g/mol. The number of pyridine rings is 1. The van der Waals surface area contributed by atoms with Gasteiger partial charge in [-0.25, -0.2) is 4.90 Å². The van der Waals surface area contributed by atoms with Gasteiger partial charge in [-0.05, 0) is 24.3 Å². The van der Waals surface area contributed by atoms with E-state index in [1.807, 2.05) is 23.1 Å². The number of nitrogens with zero attached hydrogens (tertiary/aromatic N) is 4. The SMILES string of the molecule is O=C(O)CCC(Oc1ccccc1)N1CCN(c2ccncc2)CC1[N+](=O)[O-]. The van der Waals surface area contributed by atoms with Crippen LogP contribution in [-0.2, 0) is 4.79 Å². The number of hydrogen-bond donors (Lipinski definition) is 1. The number of benzene rings is 1. The zero-order chi connectivity index (χ0) is 19.9. The van der Waals surface area contributed by atoms with Crippen LogP contribution in [0.2, 0.25) is 0 Å². The molecule has 28 heavy (non-hydrogen) atoms. The van der Waals surface area contributed by atoms with E-state index >= 15 is 0 Å². The second-order valence-electron chi connectivity index (χ2n) is 6.47. The average Bonchev–Trinajstić information content (AvgIpc) is 2.72. The van der Waals surface area contributed by atoms with E-state index in [9.17, 15) is 14.9 Å². The summed E-state index contributed by atoms with van der Waals surface area (Å²) in [6, 6.07) is 12.6. The fourth-order valence-electron chi connectivity index (χ4n) is 3.29. The number of para-hydroxylation sites is 1. The molecule has 9 heteroatoms. The van der Waals surface area contributed by atoms with Crippen LogP contribution < -0.4 is 9.64 Å². The Kier molecular flexibility index (Phi) is 6.38. The zero-order valence-corrected chi connectivity index (χ0v) is 15.3. The van der Waals surface area contributed by atoms with Crippen molar-refractivity contribution in [2.24, 2.45) is 0 Å². The van der Waals surface area contributed by atoms with Crippen LogP contribution in [0.25, 0.3) is 0 Å². The first kappa shape index (κ1) is 19.6. The van der Waals surface area contributed by atoms with Crippen molar-refractivity contribution in [1.29, 1.82) is 0 Å². The number of ether oxygens (including phenoxy) is 1. The Morgan fingerprint density at radius 1 is 1.25 bits per heavy atom. The van der Waals surface area contributed by atoms with Crippen molar-refractivity contribution in [2.45, 2.75) is 25.2 Å². The van der Waals surface area contributed by atoms with Crippen molar-refractivity contribution < 1.29 is 19.6 Å². The summed E-state index contributed by atoms with van der Waals surface area (Å²) < 4.78 is 5.96. The van der Waals surface area contributed by atoms with Crippen molar-refractivity contribution in [3.05, 3.63) is 65.0 Å². The summed E-state index contributed by atoms with van der Waals surface area (Å²) in [5, 5.41) is 20.9. The number of anilines is 1. The van der Waals surface area contributed by atoms with E-state index in [0.29, 0.717) is 18.8 Å². The quantitative estimate of drug-likeness (QED) is 0.542. The van der Waals surface area contributed by atoms with Gasteiger partial charge in [0.1, 0.15) is 12.3 Å². The van der Waals surface area contributed by atoms with Crippen LogP contribution in [-0.4, -0.2) is 57.9 Å². The zero-order valence-electron chi connectivity index (χ0n) is 15.3. The first-order chi connectivity index (χ1) is 13.5. The number of carboxylic acids is 1. The minimum atomic E-state index is -1.01. The molecular formula is C19H22N4O5. The summed E-state index contributed by atoms with van der Waals surface area (Å²) in [6.07, 6.45) is 1.61. The molecule has 3 rings (SSSR count). The van der Waals surface area contributed by atoms with Crippen molar-refractivity contribution in [2.75, 3.05) is 24.5 Å². The molecule has 0 radical (unpaired) electrons. The van der Waals surface area contributed by atoms with Gasteiger partial charge in [-0.15, -0.1) is 0 Å². The van der Waals surface area contributed by atoms with Crippen molar-refractivity contribution in [3.8, 4) is 5.75 Å². The van der Waals surface area contributed by atoms with E-state index in [0.717, 1.165) is 5.69 Å². The summed E-state index contributed by atoms with van der Waals surface area (Å²) in [5.74, 6) is -0.411. The van der Waals surface area contributed by atoms with Gasteiger partial charge in [0.15, 0.2) is 6.23 Å². The van der Waals surface area contributed by atoms with Crippen LogP contribution in [0.3, 0.4) is 0 Å². The van der Waals surface area contributed by atoms with Gasteiger partial charge in [-0.3, -0.25) is 19.9 Å². The number of nitro groups is 1. The molecule has 1 fully saturated rings. The fourth-order valence-corrected chi connectivity index (χ4v) is 3.29. The van der Waals surface area contributed by atoms with Gasteiger partial charge in [-0.2, -0.15) is 0 Å².